The third-order valence-electron chi connectivity index (χ3n) is 6.86. The second kappa shape index (κ2) is 16.2. The first-order valence-electron chi connectivity index (χ1n) is 15.2. The summed E-state index contributed by atoms with van der Waals surface area (Å²) in [6, 6.07) is 10.4. The molecule has 2 rings (SSSR count). The molecule has 2 atom stereocenters. The van der Waals surface area contributed by atoms with Gasteiger partial charge in [-0.05, 0) is 83.7 Å². The zero-order valence-corrected chi connectivity index (χ0v) is 26.8. The van der Waals surface area contributed by atoms with Gasteiger partial charge in [0.1, 0.15) is 23.4 Å². The maximum Gasteiger partial charge on any atom is 0.408 e. The summed E-state index contributed by atoms with van der Waals surface area (Å²) in [7, 11) is 0. The Morgan fingerprint density at radius 3 is 2.14 bits per heavy atom. The average molecular weight is 582 g/mol. The molecule has 0 bridgehead atoms. The van der Waals surface area contributed by atoms with Crippen LogP contribution >= 0.6 is 0 Å². The van der Waals surface area contributed by atoms with Gasteiger partial charge in [0.2, 0.25) is 11.8 Å². The van der Waals surface area contributed by atoms with Gasteiger partial charge in [0.25, 0.3) is 0 Å². The molecular formula is C34H51N3O5. The number of aryl methyl sites for hydroxylation is 2. The second-order valence-corrected chi connectivity index (χ2v) is 12.4. The van der Waals surface area contributed by atoms with Crippen LogP contribution in [0.15, 0.2) is 42.5 Å². The standard InChI is InChI=1S/C34H51N3O5/c1-9-10-11-12-13-20-37(30(31(39)35-23(2)3)28-19-14-24(4)21-25(28)5)32(40)29(36-33(41)42-34(6,7)8)22-26-15-17-27(38)18-16-26/h14-19,21,23,29-30,38H,9-13,20,22H2,1-8H3,(H,35,39)(H,36,41). The number of amides is 3. The lowest BCUT2D eigenvalue weighted by Gasteiger charge is -2.35. The van der Waals surface area contributed by atoms with E-state index < -0.39 is 23.8 Å². The van der Waals surface area contributed by atoms with Crippen molar-refractivity contribution < 1.29 is 24.2 Å². The molecule has 0 aliphatic rings. The number of benzene rings is 2. The first kappa shape index (κ1) is 34.7. The predicted octanol–water partition coefficient (Wildman–Crippen LogP) is 6.51. The smallest absolute Gasteiger partial charge is 0.408 e. The van der Waals surface area contributed by atoms with Gasteiger partial charge in [-0.15, -0.1) is 0 Å². The number of carbonyl (C=O) groups excluding carboxylic acids is 3. The lowest BCUT2D eigenvalue weighted by Crippen LogP contribution is -2.54. The number of nitrogens with one attached hydrogen (secondary N) is 2. The molecule has 8 nitrogen and oxygen atoms in total. The number of hydrogen-bond acceptors (Lipinski definition) is 5. The molecule has 0 saturated heterocycles. The Kier molecular flexibility index (Phi) is 13.4. The van der Waals surface area contributed by atoms with Crippen LogP contribution in [0.5, 0.6) is 5.75 Å². The monoisotopic (exact) mass is 581 g/mol. The van der Waals surface area contributed by atoms with Gasteiger partial charge in [0.15, 0.2) is 0 Å². The zero-order chi connectivity index (χ0) is 31.4. The predicted molar refractivity (Wildman–Crippen MR) is 167 cm³/mol. The summed E-state index contributed by atoms with van der Waals surface area (Å²) in [6.45, 7) is 15.5. The van der Waals surface area contributed by atoms with E-state index in [0.717, 1.165) is 54.4 Å². The fraction of sp³-hybridized carbons (Fsp3) is 0.559. The van der Waals surface area contributed by atoms with Crippen LogP contribution in [0.4, 0.5) is 4.79 Å². The van der Waals surface area contributed by atoms with Crippen LogP contribution in [0, 0.1) is 13.8 Å². The zero-order valence-electron chi connectivity index (χ0n) is 26.8. The summed E-state index contributed by atoms with van der Waals surface area (Å²) in [4.78, 5) is 43.0. The molecule has 0 radical (unpaired) electrons. The highest BCUT2D eigenvalue weighted by Crippen LogP contribution is 2.28. The van der Waals surface area contributed by atoms with Crippen molar-refractivity contribution in [2.24, 2.45) is 0 Å². The van der Waals surface area contributed by atoms with Crippen LogP contribution in [0.3, 0.4) is 0 Å². The Morgan fingerprint density at radius 1 is 0.929 bits per heavy atom. The SMILES string of the molecule is CCCCCCCN(C(=O)C(Cc1ccc(O)cc1)NC(=O)OC(C)(C)C)C(C(=O)NC(C)C)c1ccc(C)cc1C. The Balaban J connectivity index is 2.59. The lowest BCUT2D eigenvalue weighted by atomic mass is 9.95. The Hall–Kier alpha value is -3.55. The molecule has 3 N–H and O–H groups in total. The van der Waals surface area contributed by atoms with Gasteiger partial charge >= 0.3 is 6.09 Å². The number of nitrogens with zero attached hydrogens (tertiary/aromatic N) is 1. The molecule has 232 valence electrons. The molecule has 0 aliphatic carbocycles. The van der Waals surface area contributed by atoms with E-state index >= 15 is 0 Å². The number of phenolic OH excluding ortho intramolecular Hbond substituents is 1. The molecule has 42 heavy (non-hydrogen) atoms. The van der Waals surface area contributed by atoms with E-state index in [1.165, 1.54) is 0 Å². The average Bonchev–Trinajstić information content (AvgIpc) is 2.87. The van der Waals surface area contributed by atoms with Crippen molar-refractivity contribution in [2.45, 2.75) is 118 Å². The Bertz CT molecular complexity index is 1170. The Morgan fingerprint density at radius 2 is 1.57 bits per heavy atom. The third-order valence-corrected chi connectivity index (χ3v) is 6.86. The van der Waals surface area contributed by atoms with Crippen molar-refractivity contribution >= 4 is 17.9 Å². The molecule has 0 spiro atoms. The summed E-state index contributed by atoms with van der Waals surface area (Å²) in [6.07, 6.45) is 4.34. The van der Waals surface area contributed by atoms with E-state index in [-0.39, 0.29) is 30.0 Å². The van der Waals surface area contributed by atoms with Gasteiger partial charge < -0.3 is 25.4 Å². The van der Waals surface area contributed by atoms with Gasteiger partial charge in [-0.25, -0.2) is 4.79 Å². The van der Waals surface area contributed by atoms with Crippen LogP contribution in [-0.2, 0) is 20.7 Å². The molecule has 2 aromatic carbocycles. The van der Waals surface area contributed by atoms with Crippen molar-refractivity contribution in [2.75, 3.05) is 6.54 Å². The van der Waals surface area contributed by atoms with Crippen molar-refractivity contribution in [3.63, 3.8) is 0 Å². The first-order chi connectivity index (χ1) is 19.7. The fourth-order valence-electron chi connectivity index (χ4n) is 4.92. The van der Waals surface area contributed by atoms with Crippen LogP contribution in [0.2, 0.25) is 0 Å². The maximum absolute atomic E-state index is 14.5. The number of ether oxygens (including phenoxy) is 1. The molecule has 8 heteroatoms. The van der Waals surface area contributed by atoms with E-state index in [1.54, 1.807) is 49.9 Å². The summed E-state index contributed by atoms with van der Waals surface area (Å²) in [5.74, 6) is -0.525. The fourth-order valence-corrected chi connectivity index (χ4v) is 4.92. The van der Waals surface area contributed by atoms with Gasteiger partial charge in [-0.2, -0.15) is 0 Å². The van der Waals surface area contributed by atoms with Crippen LogP contribution in [-0.4, -0.2) is 52.1 Å². The minimum atomic E-state index is -1.000. The van der Waals surface area contributed by atoms with E-state index in [1.807, 2.05) is 45.9 Å². The molecule has 2 aromatic rings. The van der Waals surface area contributed by atoms with Gasteiger partial charge in [-0.3, -0.25) is 9.59 Å². The molecule has 0 aliphatic heterocycles. The van der Waals surface area contributed by atoms with Gasteiger partial charge in [0.05, 0.1) is 0 Å². The van der Waals surface area contributed by atoms with Crippen LogP contribution in [0.25, 0.3) is 0 Å². The number of hydrogen-bond donors (Lipinski definition) is 3. The highest BCUT2D eigenvalue weighted by Gasteiger charge is 2.37. The molecule has 0 aromatic heterocycles. The number of alkyl carbamates (subject to hydrolysis) is 1. The number of phenols is 1. The normalized spacial score (nSPS) is 12.9. The second-order valence-electron chi connectivity index (χ2n) is 12.4. The summed E-state index contributed by atoms with van der Waals surface area (Å²) in [5, 5.41) is 15.6. The van der Waals surface area contributed by atoms with Crippen molar-refractivity contribution in [3.05, 3.63) is 64.7 Å². The third kappa shape index (κ3) is 11.4. The topological polar surface area (TPSA) is 108 Å². The highest BCUT2D eigenvalue weighted by atomic mass is 16.6. The van der Waals surface area contributed by atoms with E-state index in [0.29, 0.717) is 6.54 Å². The van der Waals surface area contributed by atoms with E-state index in [2.05, 4.69) is 17.6 Å². The van der Waals surface area contributed by atoms with Crippen molar-refractivity contribution in [3.8, 4) is 5.75 Å². The molecular weight excluding hydrogens is 530 g/mol. The summed E-state index contributed by atoms with van der Waals surface area (Å²) >= 11 is 0. The molecule has 0 saturated carbocycles. The maximum atomic E-state index is 14.5. The molecule has 2 unspecified atom stereocenters. The summed E-state index contributed by atoms with van der Waals surface area (Å²) in [5.41, 5.74) is 2.72. The number of rotatable bonds is 14. The van der Waals surface area contributed by atoms with Crippen LogP contribution in [0.1, 0.15) is 102 Å². The molecule has 0 heterocycles. The van der Waals surface area contributed by atoms with E-state index in [9.17, 15) is 19.5 Å². The van der Waals surface area contributed by atoms with Crippen molar-refractivity contribution in [1.29, 1.82) is 0 Å². The first-order valence-corrected chi connectivity index (χ1v) is 15.2. The lowest BCUT2D eigenvalue weighted by molar-refractivity contribution is -0.142. The summed E-state index contributed by atoms with van der Waals surface area (Å²) < 4.78 is 5.52. The number of aromatic hydroxyl groups is 1. The van der Waals surface area contributed by atoms with Gasteiger partial charge in [0, 0.05) is 19.0 Å². The van der Waals surface area contributed by atoms with E-state index in [4.69, 9.17) is 4.74 Å². The minimum Gasteiger partial charge on any atom is -0.508 e. The number of unbranched alkanes of at least 4 members (excludes halogenated alkanes) is 4. The molecule has 0 fully saturated rings. The minimum absolute atomic E-state index is 0.107. The van der Waals surface area contributed by atoms with Crippen molar-refractivity contribution in [1.82, 2.24) is 15.5 Å². The Labute approximate surface area is 252 Å². The largest absolute Gasteiger partial charge is 0.508 e. The van der Waals surface area contributed by atoms with Crippen LogP contribution < -0.4 is 10.6 Å². The highest BCUT2D eigenvalue weighted by molar-refractivity contribution is 5.92. The number of carbonyl (C=O) groups is 3. The molecule has 3 amide bonds. The quantitative estimate of drug-likeness (QED) is 0.221. The van der Waals surface area contributed by atoms with Gasteiger partial charge in [-0.1, -0.05) is 68.5 Å².